The summed E-state index contributed by atoms with van der Waals surface area (Å²) in [6, 6.07) is 6.31. The van der Waals surface area contributed by atoms with Crippen LogP contribution in [0.25, 0.3) is 0 Å². The summed E-state index contributed by atoms with van der Waals surface area (Å²) in [7, 11) is 0. The minimum atomic E-state index is 0.112. The molecule has 0 spiro atoms. The number of ether oxygens (including phenoxy) is 1. The largest absolute Gasteiger partial charge is 0.464 e. The molecule has 4 heteroatoms. The number of hydrogen-bond acceptors (Lipinski definition) is 4. The number of thiophene rings is 1. The van der Waals surface area contributed by atoms with Crippen LogP contribution in [0.3, 0.4) is 0 Å². The van der Waals surface area contributed by atoms with Gasteiger partial charge in [-0.15, -0.1) is 11.3 Å². The lowest BCUT2D eigenvalue weighted by atomic mass is 10.1. The van der Waals surface area contributed by atoms with Crippen molar-refractivity contribution in [3.8, 4) is 0 Å². The molecule has 0 atom stereocenters. The van der Waals surface area contributed by atoms with Crippen molar-refractivity contribution >= 4 is 11.3 Å². The van der Waals surface area contributed by atoms with Crippen LogP contribution in [0.15, 0.2) is 28.0 Å². The fourth-order valence-corrected chi connectivity index (χ4v) is 2.69. The van der Waals surface area contributed by atoms with Gasteiger partial charge < -0.3 is 14.5 Å². The van der Waals surface area contributed by atoms with Crippen LogP contribution in [0.2, 0.25) is 0 Å². The second kappa shape index (κ2) is 7.25. The number of aryl methyl sites for hydroxylation is 1. The molecule has 0 bridgehead atoms. The molecule has 2 aromatic rings. The van der Waals surface area contributed by atoms with Gasteiger partial charge in [0.05, 0.1) is 6.61 Å². The normalized spacial score (nSPS) is 12.0. The first-order valence-corrected chi connectivity index (χ1v) is 8.25. The zero-order chi connectivity index (χ0) is 15.3. The summed E-state index contributed by atoms with van der Waals surface area (Å²) in [5.74, 6) is 1.88. The summed E-state index contributed by atoms with van der Waals surface area (Å²) >= 11 is 1.77. The molecule has 2 heterocycles. The molecule has 0 radical (unpaired) electrons. The third-order valence-electron chi connectivity index (χ3n) is 3.20. The quantitative estimate of drug-likeness (QED) is 0.775. The SMILES string of the molecule is Cc1oc(COCCc2cccs2)cc1CNC(C)(C)C. The Hall–Kier alpha value is -1.10. The molecule has 116 valence electrons. The van der Waals surface area contributed by atoms with Gasteiger partial charge in [0.2, 0.25) is 0 Å². The van der Waals surface area contributed by atoms with Crippen molar-refractivity contribution in [1.82, 2.24) is 5.32 Å². The smallest absolute Gasteiger partial charge is 0.130 e. The van der Waals surface area contributed by atoms with E-state index in [4.69, 9.17) is 9.15 Å². The summed E-state index contributed by atoms with van der Waals surface area (Å²) in [4.78, 5) is 1.36. The highest BCUT2D eigenvalue weighted by Gasteiger charge is 2.12. The Morgan fingerprint density at radius 2 is 2.14 bits per heavy atom. The Bertz CT molecular complexity index is 538. The van der Waals surface area contributed by atoms with E-state index in [9.17, 15) is 0 Å². The van der Waals surface area contributed by atoms with E-state index >= 15 is 0 Å². The Morgan fingerprint density at radius 1 is 1.33 bits per heavy atom. The molecule has 0 fully saturated rings. The third-order valence-corrected chi connectivity index (χ3v) is 4.13. The van der Waals surface area contributed by atoms with Gasteiger partial charge in [-0.3, -0.25) is 0 Å². The van der Waals surface area contributed by atoms with E-state index in [1.54, 1.807) is 11.3 Å². The van der Waals surface area contributed by atoms with E-state index in [1.807, 2.05) is 6.92 Å². The molecule has 1 N–H and O–H groups in total. The second-order valence-corrected chi connectivity index (χ2v) is 7.31. The Balaban J connectivity index is 1.76. The minimum absolute atomic E-state index is 0.112. The Kier molecular flexibility index (Phi) is 5.62. The molecule has 0 aromatic carbocycles. The van der Waals surface area contributed by atoms with Gasteiger partial charge in [-0.05, 0) is 45.2 Å². The van der Waals surface area contributed by atoms with Crippen LogP contribution in [-0.4, -0.2) is 12.1 Å². The highest BCUT2D eigenvalue weighted by Crippen LogP contribution is 2.17. The summed E-state index contributed by atoms with van der Waals surface area (Å²) in [5, 5.41) is 5.58. The zero-order valence-corrected chi connectivity index (χ0v) is 14.2. The first-order chi connectivity index (χ1) is 9.94. The molecule has 21 heavy (non-hydrogen) atoms. The van der Waals surface area contributed by atoms with Gasteiger partial charge in [0.1, 0.15) is 18.1 Å². The number of furan rings is 1. The van der Waals surface area contributed by atoms with Gasteiger partial charge >= 0.3 is 0 Å². The van der Waals surface area contributed by atoms with E-state index in [0.29, 0.717) is 6.61 Å². The Labute approximate surface area is 131 Å². The second-order valence-electron chi connectivity index (χ2n) is 6.28. The molecule has 2 aromatic heterocycles. The standard InChI is InChI=1S/C17H25NO2S/c1-13-14(11-18-17(2,3)4)10-15(20-13)12-19-8-7-16-6-5-9-21-16/h5-6,9-10,18H,7-8,11-12H2,1-4H3. The number of nitrogens with one attached hydrogen (secondary N) is 1. The van der Waals surface area contributed by atoms with Crippen LogP contribution in [0.1, 0.15) is 42.7 Å². The first kappa shape index (κ1) is 16.3. The highest BCUT2D eigenvalue weighted by molar-refractivity contribution is 7.09. The maximum atomic E-state index is 5.75. The van der Waals surface area contributed by atoms with Crippen molar-refractivity contribution in [2.75, 3.05) is 6.61 Å². The van der Waals surface area contributed by atoms with Gasteiger partial charge in [0, 0.05) is 28.9 Å². The van der Waals surface area contributed by atoms with Crippen molar-refractivity contribution in [3.05, 3.63) is 45.5 Å². The summed E-state index contributed by atoms with van der Waals surface area (Å²) in [5.41, 5.74) is 1.32. The molecule has 0 saturated heterocycles. The summed E-state index contributed by atoms with van der Waals surface area (Å²) < 4.78 is 11.5. The van der Waals surface area contributed by atoms with Crippen molar-refractivity contribution in [2.45, 2.75) is 52.8 Å². The zero-order valence-electron chi connectivity index (χ0n) is 13.4. The van der Waals surface area contributed by atoms with Crippen LogP contribution in [-0.2, 0) is 24.3 Å². The summed E-state index contributed by atoms with van der Waals surface area (Å²) in [6.45, 7) is 10.6. The molecule has 0 aliphatic carbocycles. The topological polar surface area (TPSA) is 34.4 Å². The molecule has 0 aliphatic rings. The van der Waals surface area contributed by atoms with E-state index in [0.717, 1.165) is 31.1 Å². The van der Waals surface area contributed by atoms with Gasteiger partial charge in [0.15, 0.2) is 0 Å². The van der Waals surface area contributed by atoms with Gasteiger partial charge in [0.25, 0.3) is 0 Å². The van der Waals surface area contributed by atoms with Crippen molar-refractivity contribution < 1.29 is 9.15 Å². The molecule has 0 aliphatic heterocycles. The maximum absolute atomic E-state index is 5.75. The number of rotatable bonds is 7. The molecule has 3 nitrogen and oxygen atoms in total. The van der Waals surface area contributed by atoms with Crippen molar-refractivity contribution in [2.24, 2.45) is 0 Å². The van der Waals surface area contributed by atoms with E-state index in [1.165, 1.54) is 10.4 Å². The molecule has 0 saturated carbocycles. The van der Waals surface area contributed by atoms with Crippen LogP contribution in [0.4, 0.5) is 0 Å². The monoisotopic (exact) mass is 307 g/mol. The molecular weight excluding hydrogens is 282 g/mol. The Morgan fingerprint density at radius 3 is 2.81 bits per heavy atom. The van der Waals surface area contributed by atoms with E-state index in [2.05, 4.69) is 49.7 Å². The molecule has 0 unspecified atom stereocenters. The predicted molar refractivity (Wildman–Crippen MR) is 87.7 cm³/mol. The average molecular weight is 307 g/mol. The fourth-order valence-electron chi connectivity index (χ4n) is 1.99. The number of hydrogen-bond donors (Lipinski definition) is 1. The van der Waals surface area contributed by atoms with Gasteiger partial charge in [-0.2, -0.15) is 0 Å². The van der Waals surface area contributed by atoms with E-state index in [-0.39, 0.29) is 5.54 Å². The average Bonchev–Trinajstić information content (AvgIpc) is 3.01. The maximum Gasteiger partial charge on any atom is 0.130 e. The molecule has 0 amide bonds. The van der Waals surface area contributed by atoms with E-state index < -0.39 is 0 Å². The lowest BCUT2D eigenvalue weighted by Crippen LogP contribution is -2.35. The van der Waals surface area contributed by atoms with Gasteiger partial charge in [-0.25, -0.2) is 0 Å². The highest BCUT2D eigenvalue weighted by atomic mass is 32.1. The molecular formula is C17H25NO2S. The van der Waals surface area contributed by atoms with Crippen LogP contribution in [0, 0.1) is 6.92 Å². The van der Waals surface area contributed by atoms with Crippen molar-refractivity contribution in [3.63, 3.8) is 0 Å². The third kappa shape index (κ3) is 5.65. The predicted octanol–water partition coefficient (Wildman–Crippen LogP) is 4.30. The lowest BCUT2D eigenvalue weighted by molar-refractivity contribution is 0.108. The van der Waals surface area contributed by atoms with Gasteiger partial charge in [-0.1, -0.05) is 6.07 Å². The van der Waals surface area contributed by atoms with Crippen LogP contribution in [0.5, 0.6) is 0 Å². The van der Waals surface area contributed by atoms with Crippen LogP contribution < -0.4 is 5.32 Å². The lowest BCUT2D eigenvalue weighted by Gasteiger charge is -2.20. The fraction of sp³-hybridized carbons (Fsp3) is 0.529. The summed E-state index contributed by atoms with van der Waals surface area (Å²) in [6.07, 6.45) is 0.968. The minimum Gasteiger partial charge on any atom is -0.464 e. The van der Waals surface area contributed by atoms with Crippen LogP contribution >= 0.6 is 11.3 Å². The first-order valence-electron chi connectivity index (χ1n) is 7.37. The molecule has 2 rings (SSSR count). The van der Waals surface area contributed by atoms with Crippen molar-refractivity contribution in [1.29, 1.82) is 0 Å².